The number of nitrogens with one attached hydrogen (secondary N) is 1. The molecule has 1 N–H and O–H groups in total. The monoisotopic (exact) mass is 424 g/mol. The standard InChI is InChI=1S/C23H24N2O4S/c1-15(2)18-7-4-16(5-8-18)10-19-12-24-23(30-19)25-22(27)14-29-21-11-17(13-26)6-9-20(21)28-3/h4-9,11-13,15H,10,14H2,1-3H3,(H,24,25,27). The number of carbonyl (C=O) groups is 2. The van der Waals surface area contributed by atoms with Gasteiger partial charge in [-0.3, -0.25) is 14.9 Å². The fourth-order valence-corrected chi connectivity index (χ4v) is 3.71. The molecule has 1 amide bonds. The molecule has 1 heterocycles. The highest BCUT2D eigenvalue weighted by molar-refractivity contribution is 7.15. The van der Waals surface area contributed by atoms with Crippen LogP contribution in [0.5, 0.6) is 11.5 Å². The van der Waals surface area contributed by atoms with Gasteiger partial charge in [-0.15, -0.1) is 11.3 Å². The zero-order chi connectivity index (χ0) is 21.5. The van der Waals surface area contributed by atoms with Crippen molar-refractivity contribution in [2.45, 2.75) is 26.2 Å². The predicted molar refractivity (Wildman–Crippen MR) is 118 cm³/mol. The number of ether oxygens (including phenoxy) is 2. The second-order valence-electron chi connectivity index (χ2n) is 7.07. The van der Waals surface area contributed by atoms with Gasteiger partial charge in [0.15, 0.2) is 23.2 Å². The summed E-state index contributed by atoms with van der Waals surface area (Å²) in [5.41, 5.74) is 2.95. The highest BCUT2D eigenvalue weighted by Gasteiger charge is 2.11. The largest absolute Gasteiger partial charge is 0.493 e. The number of thiazole rings is 1. The smallest absolute Gasteiger partial charge is 0.264 e. The van der Waals surface area contributed by atoms with Crippen molar-refractivity contribution >= 4 is 28.7 Å². The summed E-state index contributed by atoms with van der Waals surface area (Å²) in [5, 5.41) is 3.26. The van der Waals surface area contributed by atoms with Crippen LogP contribution in [0.4, 0.5) is 5.13 Å². The Labute approximate surface area is 179 Å². The molecular formula is C23H24N2O4S. The molecule has 3 aromatic rings. The summed E-state index contributed by atoms with van der Waals surface area (Å²) in [6.45, 7) is 4.13. The van der Waals surface area contributed by atoms with Crippen LogP contribution in [-0.4, -0.2) is 30.9 Å². The highest BCUT2D eigenvalue weighted by Crippen LogP contribution is 2.28. The fraction of sp³-hybridized carbons (Fsp3) is 0.261. The number of carbonyl (C=O) groups excluding carboxylic acids is 2. The van der Waals surface area contributed by atoms with Gasteiger partial charge in [0.25, 0.3) is 5.91 Å². The summed E-state index contributed by atoms with van der Waals surface area (Å²) in [5.74, 6) is 0.957. The van der Waals surface area contributed by atoms with Crippen molar-refractivity contribution < 1.29 is 19.1 Å². The summed E-state index contributed by atoms with van der Waals surface area (Å²) in [6.07, 6.45) is 3.24. The number of aromatic nitrogens is 1. The third kappa shape index (κ3) is 5.67. The molecule has 156 valence electrons. The van der Waals surface area contributed by atoms with Gasteiger partial charge in [-0.25, -0.2) is 4.98 Å². The first-order valence-electron chi connectivity index (χ1n) is 9.58. The number of benzene rings is 2. The van der Waals surface area contributed by atoms with Crippen molar-refractivity contribution in [2.75, 3.05) is 19.0 Å². The lowest BCUT2D eigenvalue weighted by Gasteiger charge is -2.10. The average molecular weight is 425 g/mol. The fourth-order valence-electron chi connectivity index (χ4n) is 2.85. The van der Waals surface area contributed by atoms with Crippen LogP contribution in [0.2, 0.25) is 0 Å². The van der Waals surface area contributed by atoms with Crippen molar-refractivity contribution in [3.05, 3.63) is 70.2 Å². The van der Waals surface area contributed by atoms with Gasteiger partial charge < -0.3 is 9.47 Å². The molecule has 0 radical (unpaired) electrons. The lowest BCUT2D eigenvalue weighted by atomic mass is 10.0. The molecule has 0 spiro atoms. The molecule has 0 fully saturated rings. The Hall–Kier alpha value is -3.19. The van der Waals surface area contributed by atoms with Gasteiger partial charge in [-0.1, -0.05) is 38.1 Å². The number of rotatable bonds is 9. The molecule has 3 rings (SSSR count). The molecule has 6 nitrogen and oxygen atoms in total. The molecule has 7 heteroatoms. The molecule has 0 aliphatic heterocycles. The van der Waals surface area contributed by atoms with Gasteiger partial charge in [0.1, 0.15) is 6.29 Å². The van der Waals surface area contributed by atoms with E-state index in [0.29, 0.717) is 34.4 Å². The molecule has 0 aliphatic carbocycles. The molecule has 0 unspecified atom stereocenters. The maximum Gasteiger partial charge on any atom is 0.264 e. The Balaban J connectivity index is 1.55. The second kappa shape index (κ2) is 10.0. The maximum absolute atomic E-state index is 12.2. The number of nitrogens with zero attached hydrogens (tertiary/aromatic N) is 1. The Morgan fingerprint density at radius 3 is 2.60 bits per heavy atom. The molecule has 0 bridgehead atoms. The molecule has 0 aliphatic rings. The summed E-state index contributed by atoms with van der Waals surface area (Å²) in [4.78, 5) is 28.5. The van der Waals surface area contributed by atoms with E-state index in [9.17, 15) is 9.59 Å². The van der Waals surface area contributed by atoms with Crippen molar-refractivity contribution in [1.82, 2.24) is 4.98 Å². The third-order valence-corrected chi connectivity index (χ3v) is 5.42. The zero-order valence-electron chi connectivity index (χ0n) is 17.2. The van der Waals surface area contributed by atoms with E-state index in [1.807, 2.05) is 0 Å². The lowest BCUT2D eigenvalue weighted by molar-refractivity contribution is -0.118. The number of amides is 1. The first-order valence-corrected chi connectivity index (χ1v) is 10.4. The van der Waals surface area contributed by atoms with E-state index in [4.69, 9.17) is 9.47 Å². The molecule has 0 atom stereocenters. The van der Waals surface area contributed by atoms with Crippen LogP contribution in [0.15, 0.2) is 48.7 Å². The second-order valence-corrected chi connectivity index (χ2v) is 8.18. The summed E-state index contributed by atoms with van der Waals surface area (Å²) >= 11 is 1.43. The normalized spacial score (nSPS) is 10.7. The van der Waals surface area contributed by atoms with Gasteiger partial charge in [0.2, 0.25) is 0 Å². The summed E-state index contributed by atoms with van der Waals surface area (Å²) in [6, 6.07) is 13.3. The van der Waals surface area contributed by atoms with Crippen LogP contribution in [0, 0.1) is 0 Å². The topological polar surface area (TPSA) is 77.5 Å². The number of hydrogen-bond acceptors (Lipinski definition) is 6. The van der Waals surface area contributed by atoms with Crippen molar-refractivity contribution in [3.63, 3.8) is 0 Å². The van der Waals surface area contributed by atoms with Gasteiger partial charge in [-0.05, 0) is 35.2 Å². The van der Waals surface area contributed by atoms with E-state index >= 15 is 0 Å². The van der Waals surface area contributed by atoms with Gasteiger partial charge in [-0.2, -0.15) is 0 Å². The number of methoxy groups -OCH3 is 1. The van der Waals surface area contributed by atoms with Crippen LogP contribution in [-0.2, 0) is 11.2 Å². The van der Waals surface area contributed by atoms with E-state index < -0.39 is 0 Å². The van der Waals surface area contributed by atoms with Crippen molar-refractivity contribution in [1.29, 1.82) is 0 Å². The van der Waals surface area contributed by atoms with Gasteiger partial charge >= 0.3 is 0 Å². The molecule has 2 aromatic carbocycles. The minimum absolute atomic E-state index is 0.218. The molecule has 0 saturated heterocycles. The van der Waals surface area contributed by atoms with E-state index in [1.54, 1.807) is 18.3 Å². The van der Waals surface area contributed by atoms with E-state index in [0.717, 1.165) is 11.3 Å². The van der Waals surface area contributed by atoms with Crippen molar-refractivity contribution in [2.24, 2.45) is 0 Å². The summed E-state index contributed by atoms with van der Waals surface area (Å²) in [7, 11) is 1.50. The Morgan fingerprint density at radius 2 is 1.93 bits per heavy atom. The molecule has 0 saturated carbocycles. The van der Waals surface area contributed by atoms with E-state index in [1.165, 1.54) is 35.6 Å². The van der Waals surface area contributed by atoms with Gasteiger partial charge in [0, 0.05) is 23.1 Å². The first-order chi connectivity index (χ1) is 14.5. The number of anilines is 1. The SMILES string of the molecule is COc1ccc(C=O)cc1OCC(=O)Nc1ncc(Cc2ccc(C(C)C)cc2)s1. The lowest BCUT2D eigenvalue weighted by Crippen LogP contribution is -2.20. The van der Waals surface area contributed by atoms with Crippen LogP contribution in [0.25, 0.3) is 0 Å². The highest BCUT2D eigenvalue weighted by atomic mass is 32.1. The molecule has 30 heavy (non-hydrogen) atoms. The van der Waals surface area contributed by atoms with Crippen LogP contribution in [0.1, 0.15) is 46.1 Å². The van der Waals surface area contributed by atoms with Crippen LogP contribution >= 0.6 is 11.3 Å². The number of hydrogen-bond donors (Lipinski definition) is 1. The Morgan fingerprint density at radius 1 is 1.17 bits per heavy atom. The van der Waals surface area contributed by atoms with E-state index in [2.05, 4.69) is 48.4 Å². The minimum atomic E-state index is -0.337. The van der Waals surface area contributed by atoms with E-state index in [-0.39, 0.29) is 12.5 Å². The molecule has 1 aromatic heterocycles. The Kier molecular flexibility index (Phi) is 7.19. The third-order valence-electron chi connectivity index (χ3n) is 4.51. The zero-order valence-corrected chi connectivity index (χ0v) is 18.0. The summed E-state index contributed by atoms with van der Waals surface area (Å²) < 4.78 is 10.7. The first kappa shape index (κ1) is 21.5. The Bertz CT molecular complexity index is 1010. The molecular weight excluding hydrogens is 400 g/mol. The maximum atomic E-state index is 12.2. The van der Waals surface area contributed by atoms with Crippen LogP contribution in [0.3, 0.4) is 0 Å². The van der Waals surface area contributed by atoms with Gasteiger partial charge in [0.05, 0.1) is 7.11 Å². The predicted octanol–water partition coefficient (Wildman–Crippen LogP) is 4.70. The van der Waals surface area contributed by atoms with Crippen molar-refractivity contribution in [3.8, 4) is 11.5 Å². The number of aldehydes is 1. The quantitative estimate of drug-likeness (QED) is 0.504. The average Bonchev–Trinajstić information content (AvgIpc) is 3.18. The minimum Gasteiger partial charge on any atom is -0.493 e. The van der Waals surface area contributed by atoms with Crippen LogP contribution < -0.4 is 14.8 Å².